The van der Waals surface area contributed by atoms with E-state index in [2.05, 4.69) is 33.0 Å². The number of carboxylic acids is 1. The highest BCUT2D eigenvalue weighted by Crippen LogP contribution is 2.12. The molecule has 0 spiro atoms. The minimum Gasteiger partial charge on any atom is -0.481 e. The molecule has 0 aliphatic carbocycles. The Hall–Kier alpha value is -0.870. The van der Waals surface area contributed by atoms with Crippen molar-refractivity contribution in [1.29, 1.82) is 0 Å². The first-order valence-corrected chi connectivity index (χ1v) is 6.91. The summed E-state index contributed by atoms with van der Waals surface area (Å²) in [5.74, 6) is -0.530. The predicted molar refractivity (Wildman–Crippen MR) is 76.8 cm³/mol. The van der Waals surface area contributed by atoms with Crippen LogP contribution in [-0.2, 0) is 11.2 Å². The lowest BCUT2D eigenvalue weighted by Gasteiger charge is -2.20. The van der Waals surface area contributed by atoms with Crippen LogP contribution in [-0.4, -0.2) is 36.1 Å². The van der Waals surface area contributed by atoms with Crippen LogP contribution in [0.25, 0.3) is 0 Å². The quantitative estimate of drug-likeness (QED) is 0.841. The molecule has 0 bridgehead atoms. The van der Waals surface area contributed by atoms with Crippen LogP contribution in [0.3, 0.4) is 0 Å². The van der Waals surface area contributed by atoms with Gasteiger partial charge in [0.1, 0.15) is 0 Å². The van der Waals surface area contributed by atoms with E-state index >= 15 is 0 Å². The number of hydrogen-bond acceptors (Lipinski definition) is 2. The van der Waals surface area contributed by atoms with Crippen molar-refractivity contribution in [3.8, 4) is 0 Å². The van der Waals surface area contributed by atoms with Crippen LogP contribution in [0.5, 0.6) is 0 Å². The molecular weight excluding hydrogens is 294 g/mol. The summed E-state index contributed by atoms with van der Waals surface area (Å²) in [5.41, 5.74) is 1.29. The zero-order valence-corrected chi connectivity index (χ0v) is 12.5. The van der Waals surface area contributed by atoms with E-state index in [4.69, 9.17) is 5.11 Å². The third kappa shape index (κ3) is 6.17. The second-order valence-electron chi connectivity index (χ2n) is 4.85. The molecule has 0 radical (unpaired) electrons. The third-order valence-electron chi connectivity index (χ3n) is 2.82. The Labute approximate surface area is 117 Å². The molecule has 100 valence electrons. The van der Waals surface area contributed by atoms with Crippen molar-refractivity contribution in [2.75, 3.05) is 20.1 Å². The van der Waals surface area contributed by atoms with Gasteiger partial charge in [0.05, 0.1) is 0 Å². The van der Waals surface area contributed by atoms with Gasteiger partial charge in [-0.2, -0.15) is 0 Å². The summed E-state index contributed by atoms with van der Waals surface area (Å²) in [5, 5.41) is 8.71. The Kier molecular flexibility index (Phi) is 6.36. The molecule has 1 aromatic rings. The highest BCUT2D eigenvalue weighted by molar-refractivity contribution is 9.10. The molecule has 0 saturated carbocycles. The summed E-state index contributed by atoms with van der Waals surface area (Å²) in [6, 6.07) is 8.28. The van der Waals surface area contributed by atoms with Crippen molar-refractivity contribution in [3.05, 3.63) is 34.3 Å². The highest BCUT2D eigenvalue weighted by Gasteiger charge is 2.10. The van der Waals surface area contributed by atoms with Gasteiger partial charge in [-0.1, -0.05) is 35.0 Å². The van der Waals surface area contributed by atoms with E-state index in [-0.39, 0.29) is 12.3 Å². The number of carbonyl (C=O) groups is 1. The maximum absolute atomic E-state index is 10.6. The Morgan fingerprint density at radius 1 is 1.50 bits per heavy atom. The van der Waals surface area contributed by atoms with Crippen LogP contribution >= 0.6 is 15.9 Å². The Balaban J connectivity index is 2.32. The number of benzene rings is 1. The van der Waals surface area contributed by atoms with E-state index in [1.807, 2.05) is 26.1 Å². The molecule has 1 N–H and O–H groups in total. The normalized spacial score (nSPS) is 12.7. The number of nitrogens with zero attached hydrogens (tertiary/aromatic N) is 1. The number of rotatable bonds is 7. The number of aliphatic carboxylic acids is 1. The summed E-state index contributed by atoms with van der Waals surface area (Å²) in [6.07, 6.45) is 1.22. The molecule has 1 unspecified atom stereocenters. The molecule has 0 aliphatic rings. The van der Waals surface area contributed by atoms with Gasteiger partial charge in [0.25, 0.3) is 0 Å². The minimum atomic E-state index is -0.720. The molecule has 0 amide bonds. The minimum absolute atomic E-state index is 0.190. The molecule has 0 aromatic heterocycles. The van der Waals surface area contributed by atoms with Crippen LogP contribution in [0, 0.1) is 5.92 Å². The van der Waals surface area contributed by atoms with Gasteiger partial charge in [-0.05, 0) is 37.1 Å². The molecule has 0 fully saturated rings. The van der Waals surface area contributed by atoms with Crippen molar-refractivity contribution in [3.63, 3.8) is 0 Å². The molecule has 0 saturated heterocycles. The molecule has 3 nitrogen and oxygen atoms in total. The van der Waals surface area contributed by atoms with Gasteiger partial charge >= 0.3 is 5.97 Å². The van der Waals surface area contributed by atoms with Gasteiger partial charge in [0.2, 0.25) is 0 Å². The topological polar surface area (TPSA) is 40.5 Å². The van der Waals surface area contributed by atoms with E-state index in [1.54, 1.807) is 0 Å². The Bertz CT molecular complexity index is 395. The van der Waals surface area contributed by atoms with Crippen molar-refractivity contribution in [2.24, 2.45) is 5.92 Å². The molecule has 4 heteroatoms. The molecule has 1 rings (SSSR count). The monoisotopic (exact) mass is 313 g/mol. The molecule has 0 heterocycles. The van der Waals surface area contributed by atoms with Crippen LogP contribution in [0.15, 0.2) is 28.7 Å². The van der Waals surface area contributed by atoms with E-state index in [0.29, 0.717) is 0 Å². The maximum atomic E-state index is 10.6. The lowest BCUT2D eigenvalue weighted by molar-refractivity contribution is -0.138. The standard InChI is InChI=1S/C14H20BrNO2/c1-11(8-14(17)18)10-16(2)7-6-12-4-3-5-13(15)9-12/h3-5,9,11H,6-8,10H2,1-2H3,(H,17,18). The smallest absolute Gasteiger partial charge is 0.303 e. The third-order valence-corrected chi connectivity index (χ3v) is 3.31. The Morgan fingerprint density at radius 2 is 2.22 bits per heavy atom. The average molecular weight is 314 g/mol. The highest BCUT2D eigenvalue weighted by atomic mass is 79.9. The van der Waals surface area contributed by atoms with E-state index < -0.39 is 5.97 Å². The zero-order chi connectivity index (χ0) is 13.5. The lowest BCUT2D eigenvalue weighted by Crippen LogP contribution is -2.27. The lowest BCUT2D eigenvalue weighted by atomic mass is 10.1. The first-order valence-electron chi connectivity index (χ1n) is 6.12. The number of likely N-dealkylation sites (N-methyl/N-ethyl adjacent to an activating group) is 1. The summed E-state index contributed by atoms with van der Waals surface area (Å²) in [7, 11) is 2.04. The summed E-state index contributed by atoms with van der Waals surface area (Å²) < 4.78 is 1.10. The van der Waals surface area contributed by atoms with Gasteiger partial charge in [-0.15, -0.1) is 0 Å². The largest absolute Gasteiger partial charge is 0.481 e. The molecule has 1 aromatic carbocycles. The summed E-state index contributed by atoms with van der Waals surface area (Å²) in [6.45, 7) is 3.74. The van der Waals surface area contributed by atoms with E-state index in [9.17, 15) is 4.79 Å². The number of halogens is 1. The maximum Gasteiger partial charge on any atom is 0.303 e. The first-order chi connectivity index (χ1) is 8.47. The fourth-order valence-electron chi connectivity index (χ4n) is 2.00. The van der Waals surface area contributed by atoms with Crippen LogP contribution in [0.1, 0.15) is 18.9 Å². The van der Waals surface area contributed by atoms with Crippen molar-refractivity contribution < 1.29 is 9.90 Å². The van der Waals surface area contributed by atoms with Gasteiger partial charge in [0.15, 0.2) is 0 Å². The second-order valence-corrected chi connectivity index (χ2v) is 5.76. The molecule has 0 aliphatic heterocycles. The van der Waals surface area contributed by atoms with Crippen molar-refractivity contribution in [1.82, 2.24) is 4.90 Å². The van der Waals surface area contributed by atoms with Gasteiger partial charge in [0, 0.05) is 24.0 Å². The molecular formula is C14H20BrNO2. The molecule has 1 atom stereocenters. The SMILES string of the molecule is CC(CC(=O)O)CN(C)CCc1cccc(Br)c1. The van der Waals surface area contributed by atoms with Gasteiger partial charge < -0.3 is 10.0 Å². The van der Waals surface area contributed by atoms with Gasteiger partial charge in [-0.25, -0.2) is 0 Å². The van der Waals surface area contributed by atoms with Crippen LogP contribution < -0.4 is 0 Å². The van der Waals surface area contributed by atoms with E-state index in [1.165, 1.54) is 5.56 Å². The summed E-state index contributed by atoms with van der Waals surface area (Å²) in [4.78, 5) is 12.8. The van der Waals surface area contributed by atoms with Crippen molar-refractivity contribution >= 4 is 21.9 Å². The van der Waals surface area contributed by atoms with Crippen LogP contribution in [0.2, 0.25) is 0 Å². The Morgan fingerprint density at radius 3 is 2.83 bits per heavy atom. The predicted octanol–water partition coefficient (Wildman–Crippen LogP) is 3.03. The number of carboxylic acid groups (broad SMARTS) is 1. The summed E-state index contributed by atoms with van der Waals surface area (Å²) >= 11 is 3.46. The fraction of sp³-hybridized carbons (Fsp3) is 0.500. The average Bonchev–Trinajstić information content (AvgIpc) is 2.25. The van der Waals surface area contributed by atoms with Gasteiger partial charge in [-0.3, -0.25) is 4.79 Å². The first kappa shape index (κ1) is 15.2. The fourth-order valence-corrected chi connectivity index (χ4v) is 2.45. The van der Waals surface area contributed by atoms with Crippen LogP contribution in [0.4, 0.5) is 0 Å². The second kappa shape index (κ2) is 7.54. The number of hydrogen-bond donors (Lipinski definition) is 1. The van der Waals surface area contributed by atoms with Crippen molar-refractivity contribution in [2.45, 2.75) is 19.8 Å². The van der Waals surface area contributed by atoms with E-state index in [0.717, 1.165) is 24.0 Å². The zero-order valence-electron chi connectivity index (χ0n) is 10.9. The molecule has 18 heavy (non-hydrogen) atoms.